The molecular weight excluding hydrogens is 500 g/mol. The van der Waals surface area contributed by atoms with E-state index in [9.17, 15) is 17.6 Å². The van der Waals surface area contributed by atoms with Crippen molar-refractivity contribution in [2.75, 3.05) is 13.1 Å². The fourth-order valence-electron chi connectivity index (χ4n) is 4.54. The van der Waals surface area contributed by atoms with E-state index in [1.165, 1.54) is 39.8 Å². The van der Waals surface area contributed by atoms with Crippen molar-refractivity contribution in [2.45, 2.75) is 44.6 Å². The minimum atomic E-state index is -4.49. The molecule has 0 bridgehead atoms. The topological polar surface area (TPSA) is 81.6 Å². The molecule has 12 heteroatoms. The summed E-state index contributed by atoms with van der Waals surface area (Å²) in [5.74, 6) is 0.0802. The lowest BCUT2D eigenvalue weighted by atomic mass is 10.1. The lowest BCUT2D eigenvalue weighted by Crippen LogP contribution is -2.38. The quantitative estimate of drug-likeness (QED) is 0.373. The first-order chi connectivity index (χ1) is 16.6. The van der Waals surface area contributed by atoms with Crippen LogP contribution in [0.2, 0.25) is 0 Å². The number of benzene rings is 1. The Morgan fingerprint density at radius 2 is 1.89 bits per heavy atom. The van der Waals surface area contributed by atoms with Crippen LogP contribution in [0.25, 0.3) is 28.1 Å². The Kier molecular flexibility index (Phi) is 7.09. The molecule has 0 amide bonds. The maximum Gasteiger partial charge on any atom is 0.408 e. The molecule has 2 N–H and O–H groups in total. The van der Waals surface area contributed by atoms with Gasteiger partial charge in [0.05, 0.1) is 6.10 Å². The van der Waals surface area contributed by atoms with Crippen LogP contribution in [0.4, 0.5) is 17.6 Å². The van der Waals surface area contributed by atoms with Crippen molar-refractivity contribution in [3.05, 3.63) is 54.0 Å². The molecule has 1 unspecified atom stereocenters. The largest absolute Gasteiger partial charge is 0.489 e. The number of alkyl halides is 3. The van der Waals surface area contributed by atoms with E-state index in [0.29, 0.717) is 28.7 Å². The van der Waals surface area contributed by atoms with E-state index in [1.807, 2.05) is 13.8 Å². The monoisotopic (exact) mass is 524 g/mol. The molecule has 36 heavy (non-hydrogen) atoms. The van der Waals surface area contributed by atoms with Gasteiger partial charge in [0.15, 0.2) is 11.5 Å². The zero-order chi connectivity index (χ0) is 24.9. The lowest BCUT2D eigenvalue weighted by molar-refractivity contribution is -0.183. The molecule has 0 aliphatic carbocycles. The summed E-state index contributed by atoms with van der Waals surface area (Å²) in [4.78, 5) is 5.96. The average Bonchev–Trinajstić information content (AvgIpc) is 3.38. The number of nitrogens with two attached hydrogens (primary N) is 1. The number of hydrogen-bond acceptors (Lipinski definition) is 6. The first kappa shape index (κ1) is 26.1. The summed E-state index contributed by atoms with van der Waals surface area (Å²) >= 11 is 0. The smallest absolute Gasteiger partial charge is 0.408 e. The molecule has 1 fully saturated rings. The van der Waals surface area contributed by atoms with Crippen LogP contribution < -0.4 is 10.5 Å². The number of rotatable bonds is 5. The maximum atomic E-state index is 14.1. The zero-order valence-electron chi connectivity index (χ0n) is 19.5. The standard InChI is InChI=1S/C24H24F4N6O.ClH/c1-13(2)35-19-10-16(25)9-14-3-5-18(30-21(14)19)23-32-31-20-6-4-15(11-34(20)23)22(24(26,27)28)33-8-7-17(29)12-33;/h3-6,9-11,13,17,22H,7-8,12,29H2,1-2H3;1H/t17?,22-;/m1./s1. The van der Waals surface area contributed by atoms with Gasteiger partial charge in [0, 0.05) is 36.8 Å². The molecule has 1 aliphatic heterocycles. The molecule has 4 heterocycles. The first-order valence-electron chi connectivity index (χ1n) is 11.3. The zero-order valence-corrected chi connectivity index (χ0v) is 20.4. The summed E-state index contributed by atoms with van der Waals surface area (Å²) in [7, 11) is 0. The van der Waals surface area contributed by atoms with Crippen molar-refractivity contribution >= 4 is 29.0 Å². The van der Waals surface area contributed by atoms with Gasteiger partial charge in [-0.15, -0.1) is 22.6 Å². The molecule has 192 valence electrons. The molecule has 2 atom stereocenters. The van der Waals surface area contributed by atoms with Crippen LogP contribution in [0.5, 0.6) is 5.75 Å². The highest BCUT2D eigenvalue weighted by atomic mass is 35.5. The maximum absolute atomic E-state index is 14.1. The highest BCUT2D eigenvalue weighted by molar-refractivity contribution is 5.86. The number of fused-ring (bicyclic) bond motifs is 2. The predicted molar refractivity (Wildman–Crippen MR) is 130 cm³/mol. The van der Waals surface area contributed by atoms with E-state index in [-0.39, 0.29) is 54.8 Å². The Hall–Kier alpha value is -3.02. The van der Waals surface area contributed by atoms with Gasteiger partial charge in [-0.05, 0) is 44.0 Å². The number of nitrogens with zero attached hydrogens (tertiary/aromatic N) is 5. The molecule has 0 spiro atoms. The van der Waals surface area contributed by atoms with E-state index in [0.717, 1.165) is 0 Å². The number of ether oxygens (including phenoxy) is 1. The molecular formula is C24H25ClF4N6O. The van der Waals surface area contributed by atoms with Crippen molar-refractivity contribution < 1.29 is 22.3 Å². The molecule has 1 aromatic carbocycles. The van der Waals surface area contributed by atoms with E-state index in [1.54, 1.807) is 12.1 Å². The fraction of sp³-hybridized carbons (Fsp3) is 0.375. The number of aromatic nitrogens is 4. The van der Waals surface area contributed by atoms with E-state index in [2.05, 4.69) is 15.2 Å². The normalized spacial score (nSPS) is 17.6. The first-order valence-corrected chi connectivity index (χ1v) is 11.3. The number of hydrogen-bond donors (Lipinski definition) is 1. The van der Waals surface area contributed by atoms with Crippen LogP contribution >= 0.6 is 12.4 Å². The second kappa shape index (κ2) is 9.79. The molecule has 0 saturated carbocycles. The molecule has 4 aromatic rings. The van der Waals surface area contributed by atoms with Crippen LogP contribution in [-0.4, -0.2) is 55.9 Å². The number of halogens is 5. The van der Waals surface area contributed by atoms with Crippen molar-refractivity contribution in [1.29, 1.82) is 0 Å². The Balaban J connectivity index is 0.00000304. The van der Waals surface area contributed by atoms with Crippen LogP contribution in [0.15, 0.2) is 42.6 Å². The summed E-state index contributed by atoms with van der Waals surface area (Å²) < 4.78 is 63.6. The molecule has 1 saturated heterocycles. The van der Waals surface area contributed by atoms with Gasteiger partial charge < -0.3 is 10.5 Å². The van der Waals surface area contributed by atoms with Gasteiger partial charge in [-0.25, -0.2) is 9.37 Å². The van der Waals surface area contributed by atoms with Gasteiger partial charge in [0.25, 0.3) is 0 Å². The van der Waals surface area contributed by atoms with Crippen molar-refractivity contribution in [2.24, 2.45) is 5.73 Å². The van der Waals surface area contributed by atoms with Crippen LogP contribution in [0.3, 0.4) is 0 Å². The SMILES string of the molecule is CC(C)Oc1cc(F)cc2ccc(-c3nnc4ccc([C@@H](N5CCC(N)C5)C(F)(F)F)cn34)nc12.Cl. The molecule has 1 aliphatic rings. The third-order valence-corrected chi connectivity index (χ3v) is 5.99. The highest BCUT2D eigenvalue weighted by Crippen LogP contribution is 2.39. The second-order valence-corrected chi connectivity index (χ2v) is 9.04. The van der Waals surface area contributed by atoms with Gasteiger partial charge in [-0.3, -0.25) is 9.30 Å². The number of likely N-dealkylation sites (tertiary alicyclic amines) is 1. The number of pyridine rings is 2. The predicted octanol–water partition coefficient (Wildman–Crippen LogP) is 4.93. The molecule has 5 rings (SSSR count). The van der Waals surface area contributed by atoms with Crippen molar-refractivity contribution in [1.82, 2.24) is 24.5 Å². The van der Waals surface area contributed by atoms with Crippen LogP contribution in [0, 0.1) is 5.82 Å². The Bertz CT molecular complexity index is 1390. The van der Waals surface area contributed by atoms with Crippen LogP contribution in [-0.2, 0) is 0 Å². The average molecular weight is 525 g/mol. The summed E-state index contributed by atoms with van der Waals surface area (Å²) in [5, 5.41) is 8.80. The summed E-state index contributed by atoms with van der Waals surface area (Å²) in [6, 6.07) is 6.73. The van der Waals surface area contributed by atoms with Gasteiger partial charge >= 0.3 is 6.18 Å². The van der Waals surface area contributed by atoms with E-state index in [4.69, 9.17) is 10.5 Å². The fourth-order valence-corrected chi connectivity index (χ4v) is 4.54. The third kappa shape index (κ3) is 4.95. The van der Waals surface area contributed by atoms with Crippen molar-refractivity contribution in [3.8, 4) is 17.3 Å². The Morgan fingerprint density at radius 1 is 1.11 bits per heavy atom. The summed E-state index contributed by atoms with van der Waals surface area (Å²) in [6.07, 6.45) is -2.79. The highest BCUT2D eigenvalue weighted by Gasteiger charge is 2.46. The van der Waals surface area contributed by atoms with Crippen molar-refractivity contribution in [3.63, 3.8) is 0 Å². The second-order valence-electron chi connectivity index (χ2n) is 9.04. The molecule has 7 nitrogen and oxygen atoms in total. The van der Waals surface area contributed by atoms with Gasteiger partial charge in [0.1, 0.15) is 28.8 Å². The Morgan fingerprint density at radius 3 is 2.56 bits per heavy atom. The lowest BCUT2D eigenvalue weighted by Gasteiger charge is -2.30. The van der Waals surface area contributed by atoms with E-state index >= 15 is 0 Å². The molecule has 0 radical (unpaired) electrons. The Labute approximate surface area is 210 Å². The van der Waals surface area contributed by atoms with Gasteiger partial charge in [0.2, 0.25) is 0 Å². The minimum absolute atomic E-state index is 0. The summed E-state index contributed by atoms with van der Waals surface area (Å²) in [6.45, 7) is 4.06. The van der Waals surface area contributed by atoms with Gasteiger partial charge in [-0.1, -0.05) is 12.1 Å². The molecule has 3 aromatic heterocycles. The third-order valence-electron chi connectivity index (χ3n) is 5.99. The van der Waals surface area contributed by atoms with Gasteiger partial charge in [-0.2, -0.15) is 13.2 Å². The summed E-state index contributed by atoms with van der Waals surface area (Å²) in [5.41, 5.74) is 7.11. The van der Waals surface area contributed by atoms with Crippen LogP contribution in [0.1, 0.15) is 31.9 Å². The van der Waals surface area contributed by atoms with E-state index < -0.39 is 18.0 Å². The minimum Gasteiger partial charge on any atom is -0.489 e.